The average molecular weight is 380 g/mol. The van der Waals surface area contributed by atoms with Gasteiger partial charge in [-0.05, 0) is 35.4 Å². The first-order valence-electron chi connectivity index (χ1n) is 9.26. The molecule has 2 aromatic carbocycles. The molecule has 0 radical (unpaired) electrons. The molecule has 0 unspecified atom stereocenters. The third-order valence-corrected chi connectivity index (χ3v) is 5.26. The molecule has 138 valence electrons. The summed E-state index contributed by atoms with van der Waals surface area (Å²) in [6.07, 6.45) is 2.37. The predicted octanol–water partition coefficient (Wildman–Crippen LogP) is 3.78. The summed E-state index contributed by atoms with van der Waals surface area (Å²) in [5.41, 5.74) is 3.21. The minimum Gasteiger partial charge on any atom is -0.340 e. The Balaban J connectivity index is 1.32. The Labute approximate surface area is 164 Å². The molecule has 27 heavy (non-hydrogen) atoms. The number of rotatable bonds is 4. The van der Waals surface area contributed by atoms with Gasteiger partial charge in [-0.2, -0.15) is 0 Å². The zero-order chi connectivity index (χ0) is 18.6. The van der Waals surface area contributed by atoms with Crippen molar-refractivity contribution in [3.63, 3.8) is 0 Å². The van der Waals surface area contributed by atoms with E-state index < -0.39 is 0 Å². The average Bonchev–Trinajstić information content (AvgIpc) is 2.68. The van der Waals surface area contributed by atoms with Crippen LogP contribution < -0.4 is 0 Å². The molecule has 0 bridgehead atoms. The van der Waals surface area contributed by atoms with E-state index in [1.165, 1.54) is 10.9 Å². The lowest BCUT2D eigenvalue weighted by atomic mass is 10.1. The largest absolute Gasteiger partial charge is 0.340 e. The van der Waals surface area contributed by atoms with Crippen molar-refractivity contribution in [2.45, 2.75) is 13.0 Å². The van der Waals surface area contributed by atoms with Gasteiger partial charge in [0.25, 0.3) is 0 Å². The molecular formula is C22H22ClN3O. The van der Waals surface area contributed by atoms with Gasteiger partial charge in [-0.15, -0.1) is 0 Å². The van der Waals surface area contributed by atoms with Crippen LogP contribution in [0.25, 0.3) is 10.9 Å². The second-order valence-corrected chi connectivity index (χ2v) is 7.44. The van der Waals surface area contributed by atoms with E-state index in [4.69, 9.17) is 11.6 Å². The summed E-state index contributed by atoms with van der Waals surface area (Å²) in [5.74, 6) is 0.171. The summed E-state index contributed by atoms with van der Waals surface area (Å²) < 4.78 is 0. The number of para-hydroxylation sites is 1. The van der Waals surface area contributed by atoms with Crippen molar-refractivity contribution < 1.29 is 4.79 Å². The fraction of sp³-hybridized carbons (Fsp3) is 0.273. The maximum atomic E-state index is 12.5. The third-order valence-electron chi connectivity index (χ3n) is 5.02. The summed E-state index contributed by atoms with van der Waals surface area (Å²) in [7, 11) is 0. The van der Waals surface area contributed by atoms with E-state index in [0.29, 0.717) is 11.4 Å². The fourth-order valence-electron chi connectivity index (χ4n) is 3.55. The van der Waals surface area contributed by atoms with E-state index in [0.717, 1.165) is 43.8 Å². The molecular weight excluding hydrogens is 358 g/mol. The number of carbonyl (C=O) groups is 1. The highest BCUT2D eigenvalue weighted by molar-refractivity contribution is 6.30. The maximum absolute atomic E-state index is 12.5. The van der Waals surface area contributed by atoms with Crippen LogP contribution in [0, 0.1) is 0 Å². The van der Waals surface area contributed by atoms with E-state index >= 15 is 0 Å². The molecule has 0 spiro atoms. The number of piperazine rings is 1. The van der Waals surface area contributed by atoms with Crippen molar-refractivity contribution in [3.8, 4) is 0 Å². The first-order chi connectivity index (χ1) is 13.2. The zero-order valence-corrected chi connectivity index (χ0v) is 15.9. The number of nitrogens with zero attached hydrogens (tertiary/aromatic N) is 3. The van der Waals surface area contributed by atoms with Crippen molar-refractivity contribution in [2.24, 2.45) is 0 Å². The first kappa shape index (κ1) is 18.0. The van der Waals surface area contributed by atoms with Gasteiger partial charge in [0.1, 0.15) is 0 Å². The Bertz CT molecular complexity index is 951. The molecule has 3 aromatic rings. The molecule has 1 aromatic heterocycles. The molecule has 5 heteroatoms. The SMILES string of the molecule is O=C(Cc1cccc(Cl)c1)N1CCN(Cc2cnc3ccccc3c2)CC1. The fourth-order valence-corrected chi connectivity index (χ4v) is 3.76. The molecule has 0 aliphatic carbocycles. The second kappa shape index (κ2) is 8.07. The van der Waals surface area contributed by atoms with Crippen LogP contribution in [0.3, 0.4) is 0 Å². The van der Waals surface area contributed by atoms with Gasteiger partial charge < -0.3 is 4.90 Å². The van der Waals surface area contributed by atoms with Crippen molar-refractivity contribution in [2.75, 3.05) is 26.2 Å². The standard InChI is InChI=1S/C22H22ClN3O/c23-20-6-3-4-17(13-20)14-22(27)26-10-8-25(9-11-26)16-18-12-19-5-1-2-7-21(19)24-15-18/h1-7,12-13,15H,8-11,14,16H2. The van der Waals surface area contributed by atoms with Gasteiger partial charge >= 0.3 is 0 Å². The lowest BCUT2D eigenvalue weighted by Crippen LogP contribution is -2.48. The van der Waals surface area contributed by atoms with Crippen LogP contribution in [0.1, 0.15) is 11.1 Å². The number of carbonyl (C=O) groups excluding carboxylic acids is 1. The van der Waals surface area contributed by atoms with Gasteiger partial charge in [0.2, 0.25) is 5.91 Å². The van der Waals surface area contributed by atoms with Crippen molar-refractivity contribution in [3.05, 3.63) is 76.9 Å². The lowest BCUT2D eigenvalue weighted by molar-refractivity contribution is -0.132. The highest BCUT2D eigenvalue weighted by Gasteiger charge is 2.21. The summed E-state index contributed by atoms with van der Waals surface area (Å²) in [5, 5.41) is 1.85. The van der Waals surface area contributed by atoms with Gasteiger partial charge in [-0.3, -0.25) is 14.7 Å². The van der Waals surface area contributed by atoms with Crippen molar-refractivity contribution >= 4 is 28.4 Å². The predicted molar refractivity (Wildman–Crippen MR) is 109 cm³/mol. The number of amides is 1. The Morgan fingerprint density at radius 3 is 2.59 bits per heavy atom. The first-order valence-corrected chi connectivity index (χ1v) is 9.63. The Morgan fingerprint density at radius 1 is 0.963 bits per heavy atom. The number of halogens is 1. The number of hydrogen-bond donors (Lipinski definition) is 0. The van der Waals surface area contributed by atoms with Crippen molar-refractivity contribution in [1.82, 2.24) is 14.8 Å². The molecule has 1 aliphatic rings. The summed E-state index contributed by atoms with van der Waals surface area (Å²) in [6, 6.07) is 17.9. The number of aromatic nitrogens is 1. The van der Waals surface area contributed by atoms with E-state index in [2.05, 4.69) is 22.0 Å². The molecule has 1 saturated heterocycles. The Morgan fingerprint density at radius 2 is 1.78 bits per heavy atom. The van der Waals surface area contributed by atoms with Gasteiger partial charge in [0.05, 0.1) is 11.9 Å². The van der Waals surface area contributed by atoms with E-state index in [1.54, 1.807) is 0 Å². The number of hydrogen-bond acceptors (Lipinski definition) is 3. The van der Waals surface area contributed by atoms with Crippen LogP contribution >= 0.6 is 11.6 Å². The molecule has 0 saturated carbocycles. The molecule has 1 fully saturated rings. The smallest absolute Gasteiger partial charge is 0.227 e. The second-order valence-electron chi connectivity index (χ2n) is 7.00. The number of fused-ring (bicyclic) bond motifs is 1. The molecule has 4 nitrogen and oxygen atoms in total. The lowest BCUT2D eigenvalue weighted by Gasteiger charge is -2.34. The molecule has 1 amide bonds. The van der Waals surface area contributed by atoms with E-state index in [1.807, 2.05) is 53.6 Å². The van der Waals surface area contributed by atoms with Crippen LogP contribution in [0.4, 0.5) is 0 Å². The Hall–Kier alpha value is -2.43. The monoisotopic (exact) mass is 379 g/mol. The van der Waals surface area contributed by atoms with Crippen LogP contribution in [0.2, 0.25) is 5.02 Å². The highest BCUT2D eigenvalue weighted by atomic mass is 35.5. The van der Waals surface area contributed by atoms with Crippen LogP contribution in [0.5, 0.6) is 0 Å². The van der Waals surface area contributed by atoms with Gasteiger partial charge in [-0.1, -0.05) is 41.9 Å². The minimum atomic E-state index is 0.171. The van der Waals surface area contributed by atoms with Crippen molar-refractivity contribution in [1.29, 1.82) is 0 Å². The Kier molecular flexibility index (Phi) is 5.37. The quantitative estimate of drug-likeness (QED) is 0.692. The minimum absolute atomic E-state index is 0.171. The summed E-state index contributed by atoms with van der Waals surface area (Å²) >= 11 is 6.01. The highest BCUT2D eigenvalue weighted by Crippen LogP contribution is 2.16. The summed E-state index contributed by atoms with van der Waals surface area (Å²) in [6.45, 7) is 4.16. The molecule has 4 rings (SSSR count). The molecule has 2 heterocycles. The van der Waals surface area contributed by atoms with E-state index in [9.17, 15) is 4.79 Å². The normalized spacial score (nSPS) is 15.2. The van der Waals surface area contributed by atoms with Gasteiger partial charge in [0, 0.05) is 49.3 Å². The number of benzene rings is 2. The zero-order valence-electron chi connectivity index (χ0n) is 15.1. The van der Waals surface area contributed by atoms with Gasteiger partial charge in [0.15, 0.2) is 0 Å². The topological polar surface area (TPSA) is 36.4 Å². The van der Waals surface area contributed by atoms with Crippen LogP contribution in [-0.4, -0.2) is 46.9 Å². The molecule has 0 atom stereocenters. The third kappa shape index (κ3) is 4.46. The van der Waals surface area contributed by atoms with Crippen LogP contribution in [0.15, 0.2) is 60.8 Å². The number of pyridine rings is 1. The molecule has 0 N–H and O–H groups in total. The molecule has 1 aliphatic heterocycles. The maximum Gasteiger partial charge on any atom is 0.227 e. The summed E-state index contributed by atoms with van der Waals surface area (Å²) in [4.78, 5) is 21.4. The van der Waals surface area contributed by atoms with Gasteiger partial charge in [-0.25, -0.2) is 0 Å². The van der Waals surface area contributed by atoms with E-state index in [-0.39, 0.29) is 5.91 Å². The van der Waals surface area contributed by atoms with Crippen LogP contribution in [-0.2, 0) is 17.8 Å².